The zero-order valence-electron chi connectivity index (χ0n) is 12.2. The number of ether oxygens (including phenoxy) is 1. The molecule has 1 rings (SSSR count). The van der Waals surface area contributed by atoms with Crippen molar-refractivity contribution in [1.82, 2.24) is 0 Å². The molecule has 2 N–H and O–H groups in total. The van der Waals surface area contributed by atoms with Crippen LogP contribution in [0.2, 0.25) is 0 Å². The van der Waals surface area contributed by atoms with Crippen LogP contribution in [0.1, 0.15) is 47.3 Å². The smallest absolute Gasteiger partial charge is 0.165 e. The molecule has 3 nitrogen and oxygen atoms in total. The molecule has 0 aliphatic rings. The van der Waals surface area contributed by atoms with E-state index in [9.17, 15) is 4.79 Å². The Morgan fingerprint density at radius 3 is 2.28 bits per heavy atom. The Labute approximate surface area is 109 Å². The Hall–Kier alpha value is -1.35. The van der Waals surface area contributed by atoms with Crippen LogP contribution < -0.4 is 10.5 Å². The number of benzene rings is 1. The number of carbonyl (C=O) groups excluding carboxylic acids is 1. The minimum Gasteiger partial charge on any atom is -0.496 e. The van der Waals surface area contributed by atoms with E-state index in [-0.39, 0.29) is 5.78 Å². The maximum absolute atomic E-state index is 12.3. The van der Waals surface area contributed by atoms with E-state index >= 15 is 0 Å². The minimum absolute atomic E-state index is 0.100. The second kappa shape index (κ2) is 5.11. The summed E-state index contributed by atoms with van der Waals surface area (Å²) in [5.41, 5.74) is 9.17. The third kappa shape index (κ3) is 3.10. The lowest BCUT2D eigenvalue weighted by Crippen LogP contribution is -2.35. The van der Waals surface area contributed by atoms with Gasteiger partial charge in [-0.15, -0.1) is 0 Å². The molecule has 0 spiro atoms. The van der Waals surface area contributed by atoms with Crippen LogP contribution in [0.5, 0.6) is 5.75 Å². The fourth-order valence-electron chi connectivity index (χ4n) is 2.19. The normalized spacial score (nSPS) is 11.5. The fourth-order valence-corrected chi connectivity index (χ4v) is 2.19. The first kappa shape index (κ1) is 14.7. The van der Waals surface area contributed by atoms with Gasteiger partial charge in [-0.25, -0.2) is 0 Å². The molecular formula is C15H23NO2. The average Bonchev–Trinajstić information content (AvgIpc) is 2.20. The topological polar surface area (TPSA) is 52.3 Å². The van der Waals surface area contributed by atoms with Gasteiger partial charge >= 0.3 is 0 Å². The summed E-state index contributed by atoms with van der Waals surface area (Å²) in [4.78, 5) is 12.3. The number of nitrogens with two attached hydrogens (primary N) is 1. The summed E-state index contributed by atoms with van der Waals surface area (Å²) >= 11 is 0. The lowest BCUT2D eigenvalue weighted by Gasteiger charge is -2.20. The Balaban J connectivity index is 3.26. The van der Waals surface area contributed by atoms with E-state index in [1.165, 1.54) is 0 Å². The van der Waals surface area contributed by atoms with E-state index in [4.69, 9.17) is 10.5 Å². The summed E-state index contributed by atoms with van der Waals surface area (Å²) in [6.07, 6.45) is 0.348. The number of hydrogen-bond acceptors (Lipinski definition) is 3. The third-order valence-corrected chi connectivity index (χ3v) is 3.16. The first-order valence-corrected chi connectivity index (χ1v) is 6.14. The van der Waals surface area contributed by atoms with E-state index in [2.05, 4.69) is 0 Å². The van der Waals surface area contributed by atoms with Crippen LogP contribution in [0, 0.1) is 20.8 Å². The van der Waals surface area contributed by atoms with Gasteiger partial charge in [-0.3, -0.25) is 4.79 Å². The second-order valence-electron chi connectivity index (χ2n) is 5.61. The van der Waals surface area contributed by atoms with Crippen molar-refractivity contribution >= 4 is 5.78 Å². The maximum atomic E-state index is 12.3. The SMILES string of the molecule is COc1cc(C)c(C(=O)CC(C)(C)N)c(C)c1C. The Kier molecular flexibility index (Phi) is 4.17. The number of Topliss-reactive ketones (excluding diaryl/α,β-unsaturated/α-hetero) is 1. The molecule has 18 heavy (non-hydrogen) atoms. The van der Waals surface area contributed by atoms with Gasteiger partial charge < -0.3 is 10.5 Å². The third-order valence-electron chi connectivity index (χ3n) is 3.16. The molecule has 3 heteroatoms. The van der Waals surface area contributed by atoms with Crippen LogP contribution in [0.4, 0.5) is 0 Å². The van der Waals surface area contributed by atoms with Crippen molar-refractivity contribution in [3.63, 3.8) is 0 Å². The Morgan fingerprint density at radius 1 is 1.28 bits per heavy atom. The Morgan fingerprint density at radius 2 is 1.83 bits per heavy atom. The van der Waals surface area contributed by atoms with Crippen molar-refractivity contribution in [2.45, 2.75) is 46.6 Å². The summed E-state index contributed by atoms with van der Waals surface area (Å²) in [5, 5.41) is 0. The molecule has 0 bridgehead atoms. The minimum atomic E-state index is -0.482. The van der Waals surface area contributed by atoms with Crippen molar-refractivity contribution < 1.29 is 9.53 Å². The highest BCUT2D eigenvalue weighted by molar-refractivity contribution is 6.00. The van der Waals surface area contributed by atoms with E-state index in [0.717, 1.165) is 28.0 Å². The van der Waals surface area contributed by atoms with Crippen LogP contribution in [0.25, 0.3) is 0 Å². The first-order valence-electron chi connectivity index (χ1n) is 6.14. The molecule has 0 radical (unpaired) electrons. The molecule has 0 saturated heterocycles. The molecule has 0 heterocycles. The number of methoxy groups -OCH3 is 1. The van der Waals surface area contributed by atoms with Gasteiger partial charge in [0.2, 0.25) is 0 Å². The highest BCUT2D eigenvalue weighted by atomic mass is 16.5. The van der Waals surface area contributed by atoms with Gasteiger partial charge in [0, 0.05) is 17.5 Å². The quantitative estimate of drug-likeness (QED) is 0.835. The molecule has 1 aromatic carbocycles. The maximum Gasteiger partial charge on any atom is 0.165 e. The van der Waals surface area contributed by atoms with Crippen LogP contribution in [0.3, 0.4) is 0 Å². The number of ketones is 1. The highest BCUT2D eigenvalue weighted by Gasteiger charge is 2.22. The molecule has 100 valence electrons. The zero-order valence-corrected chi connectivity index (χ0v) is 12.2. The van der Waals surface area contributed by atoms with E-state index in [1.807, 2.05) is 40.7 Å². The first-order chi connectivity index (χ1) is 8.17. The van der Waals surface area contributed by atoms with Crippen molar-refractivity contribution in [3.8, 4) is 5.75 Å². The van der Waals surface area contributed by atoms with Crippen molar-refractivity contribution in [1.29, 1.82) is 0 Å². The molecule has 0 amide bonds. The number of carbonyl (C=O) groups is 1. The highest BCUT2D eigenvalue weighted by Crippen LogP contribution is 2.29. The molecule has 0 aliphatic carbocycles. The summed E-state index contributed by atoms with van der Waals surface area (Å²) in [5.74, 6) is 0.928. The lowest BCUT2D eigenvalue weighted by molar-refractivity contribution is 0.0959. The number of rotatable bonds is 4. The fraction of sp³-hybridized carbons (Fsp3) is 0.533. The van der Waals surface area contributed by atoms with Crippen molar-refractivity contribution in [2.75, 3.05) is 7.11 Å². The van der Waals surface area contributed by atoms with Crippen molar-refractivity contribution in [2.24, 2.45) is 5.73 Å². The van der Waals surface area contributed by atoms with Crippen LogP contribution >= 0.6 is 0 Å². The molecule has 0 unspecified atom stereocenters. The summed E-state index contributed by atoms with van der Waals surface area (Å²) in [6.45, 7) is 9.60. The predicted octanol–water partition coefficient (Wildman–Crippen LogP) is 2.93. The summed E-state index contributed by atoms with van der Waals surface area (Å²) in [6, 6.07) is 1.92. The van der Waals surface area contributed by atoms with Crippen LogP contribution in [-0.2, 0) is 0 Å². The van der Waals surface area contributed by atoms with Gasteiger partial charge in [0.05, 0.1) is 7.11 Å². The molecule has 0 fully saturated rings. The van der Waals surface area contributed by atoms with Gasteiger partial charge in [-0.1, -0.05) is 0 Å². The molecule has 0 aromatic heterocycles. The van der Waals surface area contributed by atoms with Gasteiger partial charge in [0.1, 0.15) is 5.75 Å². The lowest BCUT2D eigenvalue weighted by atomic mass is 9.89. The zero-order chi connectivity index (χ0) is 14.1. The van der Waals surface area contributed by atoms with E-state index in [1.54, 1.807) is 7.11 Å². The average molecular weight is 249 g/mol. The standard InChI is InChI=1S/C15H23NO2/c1-9-7-13(18-6)10(2)11(3)14(9)12(17)8-15(4,5)16/h7H,8,16H2,1-6H3. The number of hydrogen-bond donors (Lipinski definition) is 1. The van der Waals surface area contributed by atoms with Gasteiger partial charge in [-0.2, -0.15) is 0 Å². The number of aryl methyl sites for hydroxylation is 1. The van der Waals surface area contributed by atoms with E-state index < -0.39 is 5.54 Å². The monoisotopic (exact) mass is 249 g/mol. The second-order valence-corrected chi connectivity index (χ2v) is 5.61. The largest absolute Gasteiger partial charge is 0.496 e. The predicted molar refractivity (Wildman–Crippen MR) is 74.4 cm³/mol. The van der Waals surface area contributed by atoms with Gasteiger partial charge in [-0.05, 0) is 57.4 Å². The molecule has 0 saturated carbocycles. The van der Waals surface area contributed by atoms with Gasteiger partial charge in [0.15, 0.2) is 5.78 Å². The summed E-state index contributed by atoms with van der Waals surface area (Å²) < 4.78 is 5.31. The summed E-state index contributed by atoms with van der Waals surface area (Å²) in [7, 11) is 1.64. The molecule has 1 aromatic rings. The van der Waals surface area contributed by atoms with Crippen molar-refractivity contribution in [3.05, 3.63) is 28.3 Å². The molecule has 0 aliphatic heterocycles. The Bertz CT molecular complexity index is 470. The van der Waals surface area contributed by atoms with E-state index in [0.29, 0.717) is 6.42 Å². The molecular weight excluding hydrogens is 226 g/mol. The van der Waals surface area contributed by atoms with Crippen LogP contribution in [0.15, 0.2) is 6.07 Å². The van der Waals surface area contributed by atoms with Crippen LogP contribution in [-0.4, -0.2) is 18.4 Å². The van der Waals surface area contributed by atoms with Gasteiger partial charge in [0.25, 0.3) is 0 Å². The molecule has 0 atom stereocenters.